The molecule has 1 rings (SSSR count). The van der Waals surface area contributed by atoms with Crippen LogP contribution in [-0.2, 0) is 4.79 Å². The summed E-state index contributed by atoms with van der Waals surface area (Å²) in [6.45, 7) is 13.6. The summed E-state index contributed by atoms with van der Waals surface area (Å²) in [7, 11) is 0. The molecular formula is C14H28N2O. The van der Waals surface area contributed by atoms with E-state index in [1.807, 2.05) is 11.8 Å². The first-order valence-electron chi connectivity index (χ1n) is 6.88. The number of piperidine rings is 1. The predicted molar refractivity (Wildman–Crippen MR) is 71.9 cm³/mol. The van der Waals surface area contributed by atoms with E-state index in [0.717, 1.165) is 32.5 Å². The van der Waals surface area contributed by atoms with Crippen LogP contribution in [0.3, 0.4) is 0 Å². The Morgan fingerprint density at radius 3 is 2.65 bits per heavy atom. The fraction of sp³-hybridized carbons (Fsp3) is 0.929. The zero-order valence-electron chi connectivity index (χ0n) is 12.0. The van der Waals surface area contributed by atoms with Crippen LogP contribution < -0.4 is 5.32 Å². The molecule has 1 heterocycles. The van der Waals surface area contributed by atoms with Gasteiger partial charge < -0.3 is 10.2 Å². The van der Waals surface area contributed by atoms with Crippen LogP contribution in [-0.4, -0.2) is 36.5 Å². The minimum absolute atomic E-state index is 0.191. The van der Waals surface area contributed by atoms with Gasteiger partial charge in [0.2, 0.25) is 5.91 Å². The van der Waals surface area contributed by atoms with Crippen molar-refractivity contribution in [3.05, 3.63) is 0 Å². The Balaban J connectivity index is 2.63. The number of likely N-dealkylation sites (tertiary alicyclic amines) is 1. The van der Waals surface area contributed by atoms with Crippen LogP contribution in [0.15, 0.2) is 0 Å². The van der Waals surface area contributed by atoms with Gasteiger partial charge in [0, 0.05) is 25.0 Å². The van der Waals surface area contributed by atoms with Crippen LogP contribution in [0.1, 0.15) is 47.5 Å². The minimum atomic E-state index is 0.191. The van der Waals surface area contributed by atoms with E-state index < -0.39 is 0 Å². The lowest BCUT2D eigenvalue weighted by molar-refractivity contribution is -0.138. The van der Waals surface area contributed by atoms with Crippen LogP contribution in [0.2, 0.25) is 0 Å². The average molecular weight is 240 g/mol. The third-order valence-electron chi connectivity index (χ3n) is 3.70. The lowest BCUT2D eigenvalue weighted by Gasteiger charge is -2.38. The lowest BCUT2D eigenvalue weighted by Crippen LogP contribution is -2.52. The van der Waals surface area contributed by atoms with E-state index in [9.17, 15) is 4.79 Å². The Kier molecular flexibility index (Phi) is 4.99. The molecule has 1 fully saturated rings. The zero-order valence-corrected chi connectivity index (χ0v) is 12.0. The lowest BCUT2D eigenvalue weighted by atomic mass is 9.85. The highest BCUT2D eigenvalue weighted by Gasteiger charge is 2.31. The molecule has 1 saturated heterocycles. The highest BCUT2D eigenvalue weighted by Crippen LogP contribution is 2.23. The molecule has 0 spiro atoms. The quantitative estimate of drug-likeness (QED) is 0.817. The van der Waals surface area contributed by atoms with Gasteiger partial charge in [-0.3, -0.25) is 4.79 Å². The van der Waals surface area contributed by atoms with Gasteiger partial charge in [-0.15, -0.1) is 0 Å². The number of amides is 1. The van der Waals surface area contributed by atoms with Crippen molar-refractivity contribution in [2.24, 2.45) is 11.3 Å². The van der Waals surface area contributed by atoms with Crippen LogP contribution in [0, 0.1) is 11.3 Å². The molecule has 2 atom stereocenters. The third kappa shape index (κ3) is 3.98. The molecule has 2 unspecified atom stereocenters. The van der Waals surface area contributed by atoms with E-state index in [0.29, 0.717) is 11.9 Å². The molecule has 1 amide bonds. The van der Waals surface area contributed by atoms with E-state index in [4.69, 9.17) is 0 Å². The molecule has 0 radical (unpaired) electrons. The van der Waals surface area contributed by atoms with Crippen molar-refractivity contribution in [3.8, 4) is 0 Å². The molecular weight excluding hydrogens is 212 g/mol. The number of nitrogens with one attached hydrogen (secondary N) is 1. The topological polar surface area (TPSA) is 32.3 Å². The number of likely N-dealkylation sites (N-methyl/N-ethyl adjacent to an activating group) is 1. The van der Waals surface area contributed by atoms with Crippen molar-refractivity contribution in [1.82, 2.24) is 10.2 Å². The number of nitrogens with zero attached hydrogens (tertiary/aromatic N) is 1. The van der Waals surface area contributed by atoms with Crippen LogP contribution in [0.5, 0.6) is 0 Å². The van der Waals surface area contributed by atoms with Gasteiger partial charge in [-0.25, -0.2) is 0 Å². The SMILES string of the molecule is CCNC(CN1CCCC(C)C1=O)C(C)(C)C. The van der Waals surface area contributed by atoms with E-state index in [-0.39, 0.29) is 11.3 Å². The molecule has 17 heavy (non-hydrogen) atoms. The summed E-state index contributed by atoms with van der Waals surface area (Å²) < 4.78 is 0. The fourth-order valence-corrected chi connectivity index (χ4v) is 2.43. The minimum Gasteiger partial charge on any atom is -0.341 e. The second-order valence-electron chi connectivity index (χ2n) is 6.30. The molecule has 1 aliphatic rings. The van der Waals surface area contributed by atoms with Gasteiger partial charge in [0.25, 0.3) is 0 Å². The maximum Gasteiger partial charge on any atom is 0.225 e. The standard InChI is InChI=1S/C14H28N2O/c1-6-15-12(14(3,4)5)10-16-9-7-8-11(2)13(16)17/h11-12,15H,6-10H2,1-5H3. The number of carbonyl (C=O) groups is 1. The molecule has 0 aliphatic carbocycles. The maximum atomic E-state index is 12.1. The van der Waals surface area contributed by atoms with Crippen molar-refractivity contribution >= 4 is 5.91 Å². The maximum absolute atomic E-state index is 12.1. The molecule has 3 heteroatoms. The van der Waals surface area contributed by atoms with Crippen LogP contribution >= 0.6 is 0 Å². The van der Waals surface area contributed by atoms with Crippen molar-refractivity contribution in [1.29, 1.82) is 0 Å². The number of hydrogen-bond donors (Lipinski definition) is 1. The summed E-state index contributed by atoms with van der Waals surface area (Å²) >= 11 is 0. The van der Waals surface area contributed by atoms with Gasteiger partial charge in [-0.2, -0.15) is 0 Å². The van der Waals surface area contributed by atoms with Crippen molar-refractivity contribution < 1.29 is 4.79 Å². The first kappa shape index (κ1) is 14.5. The average Bonchev–Trinajstić information content (AvgIpc) is 2.22. The monoisotopic (exact) mass is 240 g/mol. The van der Waals surface area contributed by atoms with Gasteiger partial charge in [0.15, 0.2) is 0 Å². The summed E-state index contributed by atoms with van der Waals surface area (Å²) in [6.07, 6.45) is 2.20. The molecule has 0 aromatic heterocycles. The molecule has 1 N–H and O–H groups in total. The van der Waals surface area contributed by atoms with Crippen LogP contribution in [0.4, 0.5) is 0 Å². The summed E-state index contributed by atoms with van der Waals surface area (Å²) in [5.41, 5.74) is 0.191. The second kappa shape index (κ2) is 5.85. The normalized spacial score (nSPS) is 23.9. The second-order valence-corrected chi connectivity index (χ2v) is 6.30. The number of carbonyl (C=O) groups excluding carboxylic acids is 1. The summed E-state index contributed by atoms with van der Waals surface area (Å²) in [4.78, 5) is 14.1. The van der Waals surface area contributed by atoms with E-state index >= 15 is 0 Å². The number of hydrogen-bond acceptors (Lipinski definition) is 2. The van der Waals surface area contributed by atoms with Gasteiger partial charge >= 0.3 is 0 Å². The van der Waals surface area contributed by atoms with E-state index in [1.54, 1.807) is 0 Å². The Morgan fingerprint density at radius 2 is 2.12 bits per heavy atom. The van der Waals surface area contributed by atoms with Crippen LogP contribution in [0.25, 0.3) is 0 Å². The summed E-state index contributed by atoms with van der Waals surface area (Å²) in [5, 5.41) is 3.51. The van der Waals surface area contributed by atoms with Gasteiger partial charge in [0.1, 0.15) is 0 Å². The Morgan fingerprint density at radius 1 is 1.47 bits per heavy atom. The van der Waals surface area contributed by atoms with Crippen molar-refractivity contribution in [2.45, 2.75) is 53.5 Å². The highest BCUT2D eigenvalue weighted by molar-refractivity contribution is 5.79. The smallest absolute Gasteiger partial charge is 0.225 e. The molecule has 0 saturated carbocycles. The summed E-state index contributed by atoms with van der Waals surface area (Å²) in [5.74, 6) is 0.550. The third-order valence-corrected chi connectivity index (χ3v) is 3.70. The van der Waals surface area contributed by atoms with Gasteiger partial charge in [-0.1, -0.05) is 34.6 Å². The Bertz CT molecular complexity index is 257. The highest BCUT2D eigenvalue weighted by atomic mass is 16.2. The Labute approximate surface area is 106 Å². The first-order chi connectivity index (χ1) is 7.86. The largest absolute Gasteiger partial charge is 0.341 e. The molecule has 1 aliphatic heterocycles. The van der Waals surface area contributed by atoms with Gasteiger partial charge in [-0.05, 0) is 24.8 Å². The Hall–Kier alpha value is -0.570. The van der Waals surface area contributed by atoms with Crippen molar-refractivity contribution in [3.63, 3.8) is 0 Å². The molecule has 0 aromatic carbocycles. The summed E-state index contributed by atoms with van der Waals surface area (Å²) in [6, 6.07) is 0.377. The van der Waals surface area contributed by atoms with Crippen molar-refractivity contribution in [2.75, 3.05) is 19.6 Å². The van der Waals surface area contributed by atoms with E-state index in [2.05, 4.69) is 33.0 Å². The van der Waals surface area contributed by atoms with E-state index in [1.165, 1.54) is 0 Å². The fourth-order valence-electron chi connectivity index (χ4n) is 2.43. The number of rotatable bonds is 4. The predicted octanol–water partition coefficient (Wildman–Crippen LogP) is 2.27. The first-order valence-corrected chi connectivity index (χ1v) is 6.88. The zero-order chi connectivity index (χ0) is 13.1. The molecule has 0 bridgehead atoms. The molecule has 100 valence electrons. The molecule has 3 nitrogen and oxygen atoms in total. The van der Waals surface area contributed by atoms with Gasteiger partial charge in [0.05, 0.1) is 0 Å². The molecule has 0 aromatic rings.